The third-order valence-electron chi connectivity index (χ3n) is 8.41. The van der Waals surface area contributed by atoms with Crippen molar-refractivity contribution >= 4 is 22.5 Å². The molecule has 4 unspecified atom stereocenters. The highest BCUT2D eigenvalue weighted by atomic mass is 16.3. The summed E-state index contributed by atoms with van der Waals surface area (Å²) in [4.78, 5) is 16.7. The number of carbonyl (C=O) groups is 1. The second kappa shape index (κ2) is 7.95. The zero-order valence-electron chi connectivity index (χ0n) is 20.4. The van der Waals surface area contributed by atoms with E-state index in [0.717, 1.165) is 35.0 Å². The summed E-state index contributed by atoms with van der Waals surface area (Å²) in [5.41, 5.74) is 5.89. The molecule has 4 atom stereocenters. The fourth-order valence-corrected chi connectivity index (χ4v) is 5.71. The molecule has 5 heteroatoms. The average Bonchev–Trinajstić information content (AvgIpc) is 3.18. The van der Waals surface area contributed by atoms with Crippen molar-refractivity contribution in [2.75, 3.05) is 11.9 Å². The highest BCUT2D eigenvalue weighted by molar-refractivity contribution is 6.01. The van der Waals surface area contributed by atoms with Crippen LogP contribution in [0, 0.1) is 11.8 Å². The molecule has 5 nitrogen and oxygen atoms in total. The summed E-state index contributed by atoms with van der Waals surface area (Å²) in [6, 6.07) is 1.64. The molecule has 0 fully saturated rings. The highest BCUT2D eigenvalue weighted by Crippen LogP contribution is 2.53. The van der Waals surface area contributed by atoms with Gasteiger partial charge in [0.05, 0.1) is 18.2 Å². The lowest BCUT2D eigenvalue weighted by Crippen LogP contribution is -2.48. The molecule has 2 heterocycles. The number of benzene rings is 1. The van der Waals surface area contributed by atoms with Crippen LogP contribution in [0.2, 0.25) is 0 Å². The predicted octanol–water partition coefficient (Wildman–Crippen LogP) is 4.79. The molecule has 1 aromatic heterocycles. The minimum Gasteiger partial charge on any atom is -0.394 e. The maximum Gasteiger partial charge on any atom is 0.243 e. The molecule has 4 rings (SSSR count). The number of rotatable bonds is 4. The van der Waals surface area contributed by atoms with Gasteiger partial charge in [0, 0.05) is 22.7 Å². The number of H-pyrrole nitrogens is 1. The number of aliphatic hydroxyl groups is 1. The van der Waals surface area contributed by atoms with Gasteiger partial charge in [-0.15, -0.1) is 6.58 Å². The van der Waals surface area contributed by atoms with E-state index in [0.29, 0.717) is 12.3 Å². The quantitative estimate of drug-likeness (QED) is 0.520. The molecule has 0 radical (unpaired) electrons. The summed E-state index contributed by atoms with van der Waals surface area (Å²) in [6.07, 6.45) is 6.91. The maximum absolute atomic E-state index is 13.1. The molecule has 0 bridgehead atoms. The first kappa shape index (κ1) is 22.9. The fourth-order valence-electron chi connectivity index (χ4n) is 5.71. The Morgan fingerprint density at radius 3 is 2.53 bits per heavy atom. The van der Waals surface area contributed by atoms with Gasteiger partial charge in [-0.2, -0.15) is 0 Å². The number of fused-ring (bicyclic) bond motifs is 2. The molecule has 1 amide bonds. The molecule has 1 aliphatic carbocycles. The Bertz CT molecular complexity index is 1050. The number of hydrogen-bond acceptors (Lipinski definition) is 3. The van der Waals surface area contributed by atoms with E-state index in [2.05, 4.69) is 82.1 Å². The molecule has 1 aromatic carbocycles. The Balaban J connectivity index is 2.06. The number of aromatic nitrogens is 1. The summed E-state index contributed by atoms with van der Waals surface area (Å²) in [7, 11) is 0. The lowest BCUT2D eigenvalue weighted by molar-refractivity contribution is -0.123. The zero-order valence-corrected chi connectivity index (χ0v) is 20.4. The topological polar surface area (TPSA) is 77.2 Å². The summed E-state index contributed by atoms with van der Waals surface area (Å²) in [5, 5.41) is 17.8. The Hall–Kier alpha value is -2.27. The molecule has 4 N–H and O–H groups in total. The van der Waals surface area contributed by atoms with E-state index in [1.165, 1.54) is 11.1 Å². The number of carbonyl (C=O) groups excluding carboxylic acids is 1. The molecule has 1 aliphatic heterocycles. The van der Waals surface area contributed by atoms with Crippen LogP contribution in [0.25, 0.3) is 10.9 Å². The lowest BCUT2D eigenvalue weighted by Gasteiger charge is -2.47. The Kier molecular flexibility index (Phi) is 5.69. The van der Waals surface area contributed by atoms with Crippen LogP contribution in [0.1, 0.15) is 71.1 Å². The van der Waals surface area contributed by atoms with Gasteiger partial charge in [-0.3, -0.25) is 4.79 Å². The van der Waals surface area contributed by atoms with Crippen LogP contribution in [0.5, 0.6) is 0 Å². The van der Waals surface area contributed by atoms with Gasteiger partial charge in [0.1, 0.15) is 6.04 Å². The van der Waals surface area contributed by atoms with Crippen LogP contribution in [0.3, 0.4) is 0 Å². The van der Waals surface area contributed by atoms with Crippen molar-refractivity contribution in [3.05, 3.63) is 41.6 Å². The first-order chi connectivity index (χ1) is 15.1. The minimum absolute atomic E-state index is 0.0388. The molecule has 0 saturated carbocycles. The molecular formula is C27H39N3O2. The van der Waals surface area contributed by atoms with E-state index in [9.17, 15) is 9.90 Å². The van der Waals surface area contributed by atoms with E-state index >= 15 is 0 Å². The molecule has 32 heavy (non-hydrogen) atoms. The number of aliphatic hydroxyl groups excluding tert-OH is 1. The Labute approximate surface area is 192 Å². The SMILES string of the molecule is C=CC1(C)CCC(C)(C(C)C)c2cc3c4c(c[nH]c4c21)CC(CO)NC(=O)C(C(C)C)N3. The zero-order chi connectivity index (χ0) is 23.4. The largest absolute Gasteiger partial charge is 0.394 e. The molecular weight excluding hydrogens is 398 g/mol. The van der Waals surface area contributed by atoms with Crippen LogP contribution in [0.4, 0.5) is 5.69 Å². The molecule has 2 aliphatic rings. The Morgan fingerprint density at radius 2 is 1.94 bits per heavy atom. The van der Waals surface area contributed by atoms with E-state index < -0.39 is 0 Å². The van der Waals surface area contributed by atoms with Gasteiger partial charge < -0.3 is 20.7 Å². The van der Waals surface area contributed by atoms with Gasteiger partial charge >= 0.3 is 0 Å². The number of amides is 1. The van der Waals surface area contributed by atoms with Crippen LogP contribution < -0.4 is 10.6 Å². The Morgan fingerprint density at radius 1 is 1.22 bits per heavy atom. The third-order valence-corrected chi connectivity index (χ3v) is 8.41. The smallest absolute Gasteiger partial charge is 0.243 e. The number of anilines is 1. The molecule has 0 spiro atoms. The van der Waals surface area contributed by atoms with Gasteiger partial charge in [0.2, 0.25) is 5.91 Å². The minimum atomic E-state index is -0.370. The summed E-state index contributed by atoms with van der Waals surface area (Å²) in [5.74, 6) is 0.534. The molecule has 174 valence electrons. The number of nitrogens with one attached hydrogen (secondary N) is 3. The van der Waals surface area contributed by atoms with E-state index in [1.54, 1.807) is 0 Å². The van der Waals surface area contributed by atoms with Gasteiger partial charge in [-0.25, -0.2) is 0 Å². The van der Waals surface area contributed by atoms with Crippen molar-refractivity contribution in [2.24, 2.45) is 11.8 Å². The number of allylic oxidation sites excluding steroid dienone is 1. The monoisotopic (exact) mass is 437 g/mol. The average molecular weight is 438 g/mol. The number of aromatic amines is 1. The van der Waals surface area contributed by atoms with Crippen molar-refractivity contribution in [1.82, 2.24) is 10.3 Å². The van der Waals surface area contributed by atoms with E-state index in [1.807, 2.05) is 0 Å². The van der Waals surface area contributed by atoms with Crippen LogP contribution in [0.15, 0.2) is 24.9 Å². The van der Waals surface area contributed by atoms with E-state index in [-0.39, 0.29) is 41.3 Å². The maximum atomic E-state index is 13.1. The molecule has 0 saturated heterocycles. The van der Waals surface area contributed by atoms with Crippen molar-refractivity contribution < 1.29 is 9.90 Å². The lowest BCUT2D eigenvalue weighted by atomic mass is 9.57. The second-order valence-corrected chi connectivity index (χ2v) is 11.1. The normalized spacial score (nSPS) is 30.3. The van der Waals surface area contributed by atoms with Crippen molar-refractivity contribution in [1.29, 1.82) is 0 Å². The summed E-state index contributed by atoms with van der Waals surface area (Å²) >= 11 is 0. The molecule has 2 aromatic rings. The van der Waals surface area contributed by atoms with Crippen molar-refractivity contribution in [3.8, 4) is 0 Å². The summed E-state index contributed by atoms with van der Waals surface area (Å²) in [6.45, 7) is 17.5. The highest BCUT2D eigenvalue weighted by Gasteiger charge is 2.44. The first-order valence-corrected chi connectivity index (χ1v) is 12.0. The second-order valence-electron chi connectivity index (χ2n) is 11.1. The van der Waals surface area contributed by atoms with Crippen molar-refractivity contribution in [3.63, 3.8) is 0 Å². The number of hydrogen-bond donors (Lipinski definition) is 4. The van der Waals surface area contributed by atoms with Crippen LogP contribution >= 0.6 is 0 Å². The van der Waals surface area contributed by atoms with Gasteiger partial charge in [-0.05, 0) is 59.3 Å². The summed E-state index contributed by atoms with van der Waals surface area (Å²) < 4.78 is 0. The van der Waals surface area contributed by atoms with Gasteiger partial charge in [0.15, 0.2) is 0 Å². The van der Waals surface area contributed by atoms with E-state index in [4.69, 9.17) is 0 Å². The third kappa shape index (κ3) is 3.37. The van der Waals surface area contributed by atoms with Crippen LogP contribution in [-0.2, 0) is 22.0 Å². The van der Waals surface area contributed by atoms with Crippen molar-refractivity contribution in [2.45, 2.75) is 83.7 Å². The first-order valence-electron chi connectivity index (χ1n) is 12.0. The van der Waals surface area contributed by atoms with Crippen LogP contribution in [-0.4, -0.2) is 34.7 Å². The van der Waals surface area contributed by atoms with Gasteiger partial charge in [0.25, 0.3) is 0 Å². The predicted molar refractivity (Wildman–Crippen MR) is 132 cm³/mol. The standard InChI is InChI=1S/C27H39N3O2/c1-8-26(6)9-10-27(7,16(4)5)19-12-20-21-17(13-28-24(21)22(19)26)11-18(14-31)29-25(32)23(30-20)15(2)3/h8,12-13,15-16,18,23,28,30-31H,1,9-11,14H2,2-7H3,(H,29,32). The fraction of sp³-hybridized carbons (Fsp3) is 0.593. The van der Waals surface area contributed by atoms with Gasteiger partial charge in [-0.1, -0.05) is 47.6 Å².